The van der Waals surface area contributed by atoms with E-state index in [-0.39, 0.29) is 21.7 Å². The van der Waals surface area contributed by atoms with Crippen LogP contribution in [0, 0.1) is 22.7 Å². The van der Waals surface area contributed by atoms with Gasteiger partial charge in [0.2, 0.25) is 0 Å². The monoisotopic (exact) mass is 298 g/mol. The Hall–Kier alpha value is -3.03. The molecule has 0 heterocycles. The van der Waals surface area contributed by atoms with Crippen molar-refractivity contribution in [2.75, 3.05) is 10.5 Å². The lowest BCUT2D eigenvalue weighted by molar-refractivity contribution is 0.600. The van der Waals surface area contributed by atoms with Gasteiger partial charge in [-0.3, -0.25) is 4.72 Å². The molecule has 104 valence electrons. The summed E-state index contributed by atoms with van der Waals surface area (Å²) in [7, 11) is -4.07. The van der Waals surface area contributed by atoms with Crippen molar-refractivity contribution in [3.8, 4) is 12.1 Å². The van der Waals surface area contributed by atoms with E-state index in [0.29, 0.717) is 5.69 Å². The number of nitriles is 2. The molecule has 0 aliphatic heterocycles. The first-order valence-corrected chi connectivity index (χ1v) is 7.28. The van der Waals surface area contributed by atoms with Crippen LogP contribution in [-0.2, 0) is 10.0 Å². The normalized spacial score (nSPS) is 10.4. The van der Waals surface area contributed by atoms with E-state index in [1.54, 1.807) is 24.3 Å². The molecule has 2 rings (SSSR count). The summed E-state index contributed by atoms with van der Waals surface area (Å²) in [5.41, 5.74) is 6.05. The summed E-state index contributed by atoms with van der Waals surface area (Å²) >= 11 is 0. The summed E-state index contributed by atoms with van der Waals surface area (Å²) in [5.74, 6) is 0. The molecule has 0 bridgehead atoms. The zero-order valence-corrected chi connectivity index (χ0v) is 11.6. The maximum Gasteiger partial charge on any atom is 0.264 e. The lowest BCUT2D eigenvalue weighted by atomic mass is 10.1. The third-order valence-corrected chi connectivity index (χ3v) is 4.15. The van der Waals surface area contributed by atoms with E-state index < -0.39 is 10.0 Å². The summed E-state index contributed by atoms with van der Waals surface area (Å²) < 4.78 is 27.2. The van der Waals surface area contributed by atoms with E-state index in [2.05, 4.69) is 4.72 Å². The fourth-order valence-corrected chi connectivity index (χ4v) is 3.16. The summed E-state index contributed by atoms with van der Waals surface area (Å²) in [5, 5.41) is 18.1. The molecule has 0 aromatic heterocycles. The molecule has 0 fully saturated rings. The van der Waals surface area contributed by atoms with Crippen molar-refractivity contribution < 1.29 is 8.42 Å². The van der Waals surface area contributed by atoms with Crippen LogP contribution >= 0.6 is 0 Å². The number of nitrogens with one attached hydrogen (secondary N) is 1. The van der Waals surface area contributed by atoms with Crippen molar-refractivity contribution in [2.45, 2.75) is 4.90 Å². The fraction of sp³-hybridized carbons (Fsp3) is 0. The smallest absolute Gasteiger partial charge is 0.264 e. The fourth-order valence-electron chi connectivity index (χ4n) is 1.81. The van der Waals surface area contributed by atoms with Crippen molar-refractivity contribution >= 4 is 21.4 Å². The molecule has 0 aliphatic rings. The molecule has 0 saturated carbocycles. The maximum atomic E-state index is 12.4. The predicted molar refractivity (Wildman–Crippen MR) is 77.5 cm³/mol. The van der Waals surface area contributed by atoms with Gasteiger partial charge in [0.15, 0.2) is 0 Å². The van der Waals surface area contributed by atoms with Gasteiger partial charge in [-0.2, -0.15) is 10.5 Å². The Morgan fingerprint density at radius 1 is 1.00 bits per heavy atom. The second-order valence-electron chi connectivity index (χ2n) is 4.14. The first-order chi connectivity index (χ1) is 9.97. The predicted octanol–water partition coefficient (Wildman–Crippen LogP) is 1.81. The van der Waals surface area contributed by atoms with Gasteiger partial charge in [0.05, 0.1) is 16.8 Å². The minimum absolute atomic E-state index is 0.0922. The highest BCUT2D eigenvalue weighted by molar-refractivity contribution is 7.92. The highest BCUT2D eigenvalue weighted by Gasteiger charge is 2.23. The van der Waals surface area contributed by atoms with Gasteiger partial charge in [-0.25, -0.2) is 8.42 Å². The van der Waals surface area contributed by atoms with E-state index in [4.69, 9.17) is 16.3 Å². The zero-order valence-electron chi connectivity index (χ0n) is 10.7. The molecule has 0 radical (unpaired) electrons. The molecular formula is C14H10N4O2S. The number of benzene rings is 2. The Morgan fingerprint density at radius 3 is 2.10 bits per heavy atom. The first-order valence-electron chi connectivity index (χ1n) is 5.79. The summed E-state index contributed by atoms with van der Waals surface area (Å²) in [6.07, 6.45) is 0. The van der Waals surface area contributed by atoms with Crippen LogP contribution in [0.25, 0.3) is 0 Å². The standard InChI is InChI=1S/C14H10N4O2S/c15-8-10-3-1-4-11(9-16)14(10)21(19,20)18-13-6-2-5-12(17)7-13/h1-7,18H,17H2. The Kier molecular flexibility index (Phi) is 3.79. The van der Waals surface area contributed by atoms with E-state index in [1.165, 1.54) is 30.3 Å². The average molecular weight is 298 g/mol. The molecule has 2 aromatic rings. The topological polar surface area (TPSA) is 120 Å². The summed E-state index contributed by atoms with van der Waals surface area (Å²) in [6, 6.07) is 13.9. The van der Waals surface area contributed by atoms with Gasteiger partial charge >= 0.3 is 0 Å². The van der Waals surface area contributed by atoms with Gasteiger partial charge in [0.1, 0.15) is 17.0 Å². The zero-order chi connectivity index (χ0) is 15.5. The van der Waals surface area contributed by atoms with Crippen LogP contribution in [0.5, 0.6) is 0 Å². The molecule has 2 aromatic carbocycles. The third-order valence-electron chi connectivity index (χ3n) is 2.66. The molecular weight excluding hydrogens is 288 g/mol. The van der Waals surface area contributed by atoms with E-state index >= 15 is 0 Å². The first kappa shape index (κ1) is 14.4. The molecule has 21 heavy (non-hydrogen) atoms. The second-order valence-corrected chi connectivity index (χ2v) is 5.76. The summed E-state index contributed by atoms with van der Waals surface area (Å²) in [6.45, 7) is 0. The number of hydrogen-bond acceptors (Lipinski definition) is 5. The minimum Gasteiger partial charge on any atom is -0.399 e. The molecule has 0 aliphatic carbocycles. The van der Waals surface area contributed by atoms with Crippen molar-refractivity contribution in [2.24, 2.45) is 0 Å². The minimum atomic E-state index is -4.07. The molecule has 0 spiro atoms. The van der Waals surface area contributed by atoms with Gasteiger partial charge in [-0.1, -0.05) is 12.1 Å². The highest BCUT2D eigenvalue weighted by Crippen LogP contribution is 2.23. The number of nitrogens with two attached hydrogens (primary N) is 1. The van der Waals surface area contributed by atoms with Gasteiger partial charge in [-0.15, -0.1) is 0 Å². The number of anilines is 2. The largest absolute Gasteiger partial charge is 0.399 e. The second kappa shape index (κ2) is 5.53. The Labute approximate surface area is 122 Å². The number of hydrogen-bond donors (Lipinski definition) is 2. The van der Waals surface area contributed by atoms with Crippen LogP contribution < -0.4 is 10.5 Å². The molecule has 6 nitrogen and oxygen atoms in total. The number of nitrogens with zero attached hydrogens (tertiary/aromatic N) is 2. The van der Waals surface area contributed by atoms with Crippen molar-refractivity contribution in [3.63, 3.8) is 0 Å². The molecule has 0 unspecified atom stereocenters. The van der Waals surface area contributed by atoms with Gasteiger partial charge in [0, 0.05) is 5.69 Å². The van der Waals surface area contributed by atoms with E-state index in [9.17, 15) is 8.42 Å². The van der Waals surface area contributed by atoms with Crippen molar-refractivity contribution in [3.05, 3.63) is 53.6 Å². The maximum absolute atomic E-state index is 12.4. The van der Waals surface area contributed by atoms with Gasteiger partial charge in [0.25, 0.3) is 10.0 Å². The molecule has 7 heteroatoms. The number of nitrogen functional groups attached to an aromatic ring is 1. The Balaban J connectivity index is 2.56. The summed E-state index contributed by atoms with van der Waals surface area (Å²) in [4.78, 5) is -0.336. The molecule has 0 amide bonds. The number of rotatable bonds is 3. The van der Waals surface area contributed by atoms with Gasteiger partial charge in [-0.05, 0) is 30.3 Å². The van der Waals surface area contributed by atoms with Crippen LogP contribution in [0.4, 0.5) is 11.4 Å². The van der Waals surface area contributed by atoms with Crippen LogP contribution in [-0.4, -0.2) is 8.42 Å². The van der Waals surface area contributed by atoms with Crippen LogP contribution in [0.2, 0.25) is 0 Å². The quantitative estimate of drug-likeness (QED) is 0.837. The number of sulfonamides is 1. The van der Waals surface area contributed by atoms with Crippen LogP contribution in [0.15, 0.2) is 47.4 Å². The SMILES string of the molecule is N#Cc1cccc(C#N)c1S(=O)(=O)Nc1cccc(N)c1. The lowest BCUT2D eigenvalue weighted by Crippen LogP contribution is -2.16. The lowest BCUT2D eigenvalue weighted by Gasteiger charge is -2.11. The van der Waals surface area contributed by atoms with Crippen LogP contribution in [0.3, 0.4) is 0 Å². The molecule has 3 N–H and O–H groups in total. The van der Waals surface area contributed by atoms with Crippen molar-refractivity contribution in [1.29, 1.82) is 10.5 Å². The third kappa shape index (κ3) is 2.94. The Morgan fingerprint density at radius 2 is 1.57 bits per heavy atom. The van der Waals surface area contributed by atoms with E-state index in [0.717, 1.165) is 0 Å². The van der Waals surface area contributed by atoms with Crippen molar-refractivity contribution in [1.82, 2.24) is 0 Å². The molecule has 0 atom stereocenters. The Bertz CT molecular complexity index is 844. The molecule has 0 saturated heterocycles. The average Bonchev–Trinajstić information content (AvgIpc) is 2.45. The van der Waals surface area contributed by atoms with Crippen LogP contribution in [0.1, 0.15) is 11.1 Å². The van der Waals surface area contributed by atoms with E-state index in [1.807, 2.05) is 0 Å². The van der Waals surface area contributed by atoms with Gasteiger partial charge < -0.3 is 5.73 Å². The highest BCUT2D eigenvalue weighted by atomic mass is 32.2.